The van der Waals surface area contributed by atoms with Gasteiger partial charge < -0.3 is 5.21 Å². The lowest BCUT2D eigenvalue weighted by Crippen LogP contribution is -2.39. The smallest absolute Gasteiger partial charge is 0.0631 e. The van der Waals surface area contributed by atoms with Crippen molar-refractivity contribution >= 4 is 16.0 Å². The van der Waals surface area contributed by atoms with Gasteiger partial charge in [0, 0.05) is 21.2 Å². The molecule has 2 unspecified atom stereocenters. The van der Waals surface area contributed by atoms with Crippen molar-refractivity contribution in [3.05, 3.63) is 12.7 Å². The summed E-state index contributed by atoms with van der Waals surface area (Å²) < 4.78 is 0. The zero-order valence-corrected chi connectivity index (χ0v) is 13.8. The molecule has 0 radical (unpaired) electrons. The number of hydrogen-bond donors (Lipinski definition) is 1. The van der Waals surface area contributed by atoms with Gasteiger partial charge in [0.1, 0.15) is 0 Å². The van der Waals surface area contributed by atoms with Crippen molar-refractivity contribution in [2.24, 2.45) is 22.4 Å². The summed E-state index contributed by atoms with van der Waals surface area (Å²) in [6, 6.07) is 0. The molecular formula is C13H27NOSi. The summed E-state index contributed by atoms with van der Waals surface area (Å²) in [6.07, 6.45) is 1.97. The molecule has 0 saturated carbocycles. The van der Waals surface area contributed by atoms with E-state index in [0.29, 0.717) is 11.8 Å². The van der Waals surface area contributed by atoms with Crippen molar-refractivity contribution in [3.63, 3.8) is 0 Å². The lowest BCUT2D eigenvalue weighted by atomic mass is 9.71. The fourth-order valence-corrected chi connectivity index (χ4v) is 2.45. The zero-order valence-electron chi connectivity index (χ0n) is 11.8. The Balaban J connectivity index is 5.35. The first kappa shape index (κ1) is 15.4. The Labute approximate surface area is 103 Å². The molecule has 0 saturated heterocycles. The number of rotatable bonds is 5. The van der Waals surface area contributed by atoms with E-state index in [1.54, 1.807) is 0 Å². The predicted octanol–water partition coefficient (Wildman–Crippen LogP) is 2.86. The number of nitrogens with zero attached hydrogens (tertiary/aromatic N) is 1. The first-order valence-corrected chi connectivity index (χ1v) is 6.97. The fourth-order valence-electron chi connectivity index (χ4n) is 1.69. The highest BCUT2D eigenvalue weighted by Gasteiger charge is 2.41. The summed E-state index contributed by atoms with van der Waals surface area (Å²) in [7, 11) is 0.941. The molecule has 0 amide bonds. The van der Waals surface area contributed by atoms with E-state index >= 15 is 0 Å². The molecule has 2 atom stereocenters. The van der Waals surface area contributed by atoms with E-state index in [2.05, 4.69) is 53.3 Å². The van der Waals surface area contributed by atoms with Crippen molar-refractivity contribution < 1.29 is 5.21 Å². The first-order chi connectivity index (χ1) is 7.11. The molecule has 2 nitrogen and oxygen atoms in total. The lowest BCUT2D eigenvalue weighted by molar-refractivity contribution is 0.295. The monoisotopic (exact) mass is 241 g/mol. The van der Waals surface area contributed by atoms with Crippen molar-refractivity contribution in [2.75, 3.05) is 0 Å². The third-order valence-corrected chi connectivity index (χ3v) is 6.10. The minimum atomic E-state index is -0.0623. The van der Waals surface area contributed by atoms with Gasteiger partial charge in [0.2, 0.25) is 0 Å². The molecule has 0 aromatic heterocycles. The van der Waals surface area contributed by atoms with Crippen LogP contribution in [0, 0.1) is 17.3 Å². The summed E-state index contributed by atoms with van der Waals surface area (Å²) in [4.78, 5) is 0. The maximum Gasteiger partial charge on any atom is 0.0631 e. The topological polar surface area (TPSA) is 32.6 Å². The summed E-state index contributed by atoms with van der Waals surface area (Å²) in [5.41, 5.74) is 0.878. The molecule has 1 N–H and O–H groups in total. The van der Waals surface area contributed by atoms with E-state index in [0.717, 1.165) is 16.0 Å². The van der Waals surface area contributed by atoms with Crippen LogP contribution in [0.5, 0.6) is 0 Å². The van der Waals surface area contributed by atoms with Gasteiger partial charge in [-0.05, 0) is 11.3 Å². The molecule has 3 heteroatoms. The molecular weight excluding hydrogens is 214 g/mol. The SMILES string of the molecule is C=CC(C)(C)C(C)([SiH3])C(=NO)C(C)C(C)C. The lowest BCUT2D eigenvalue weighted by Gasteiger charge is -2.42. The molecule has 0 spiro atoms. The molecule has 16 heavy (non-hydrogen) atoms. The average molecular weight is 241 g/mol. The van der Waals surface area contributed by atoms with Crippen LogP contribution in [0.1, 0.15) is 41.5 Å². The molecule has 0 aromatic carbocycles. The van der Waals surface area contributed by atoms with E-state index < -0.39 is 0 Å². The second kappa shape index (κ2) is 5.17. The quantitative estimate of drug-likeness (QED) is 0.259. The highest BCUT2D eigenvalue weighted by atomic mass is 28.1. The number of hydrogen-bond acceptors (Lipinski definition) is 2. The van der Waals surface area contributed by atoms with Gasteiger partial charge in [0.25, 0.3) is 0 Å². The van der Waals surface area contributed by atoms with Crippen molar-refractivity contribution in [3.8, 4) is 0 Å². The van der Waals surface area contributed by atoms with Crippen molar-refractivity contribution in [2.45, 2.75) is 46.6 Å². The fraction of sp³-hybridized carbons (Fsp3) is 0.769. The van der Waals surface area contributed by atoms with Crippen LogP contribution < -0.4 is 0 Å². The van der Waals surface area contributed by atoms with E-state index in [-0.39, 0.29) is 10.5 Å². The Morgan fingerprint density at radius 1 is 1.31 bits per heavy atom. The van der Waals surface area contributed by atoms with E-state index in [1.165, 1.54) is 0 Å². The molecule has 0 rings (SSSR count). The number of oxime groups is 1. The minimum Gasteiger partial charge on any atom is -0.411 e. The molecule has 0 heterocycles. The third kappa shape index (κ3) is 2.76. The first-order valence-electron chi connectivity index (χ1n) is 5.97. The molecule has 0 aliphatic heterocycles. The summed E-state index contributed by atoms with van der Waals surface area (Å²) in [5, 5.41) is 12.9. The van der Waals surface area contributed by atoms with Crippen LogP contribution in [0.3, 0.4) is 0 Å². The van der Waals surface area contributed by atoms with Crippen LogP contribution >= 0.6 is 0 Å². The van der Waals surface area contributed by atoms with Crippen LogP contribution in [0.25, 0.3) is 0 Å². The van der Waals surface area contributed by atoms with Crippen LogP contribution in [-0.4, -0.2) is 21.2 Å². The van der Waals surface area contributed by atoms with Crippen molar-refractivity contribution in [1.82, 2.24) is 0 Å². The van der Waals surface area contributed by atoms with Gasteiger partial charge in [0.05, 0.1) is 5.71 Å². The minimum absolute atomic E-state index is 0.0378. The van der Waals surface area contributed by atoms with Crippen LogP contribution in [0.2, 0.25) is 5.04 Å². The normalized spacial score (nSPS) is 19.6. The summed E-state index contributed by atoms with van der Waals surface area (Å²) >= 11 is 0. The van der Waals surface area contributed by atoms with Crippen LogP contribution in [0.15, 0.2) is 17.8 Å². The summed E-state index contributed by atoms with van der Waals surface area (Å²) in [6.45, 7) is 16.9. The third-order valence-electron chi connectivity index (χ3n) is 4.30. The maximum atomic E-state index is 9.32. The van der Waals surface area contributed by atoms with E-state index in [1.807, 2.05) is 6.08 Å². The maximum absolute atomic E-state index is 9.32. The largest absolute Gasteiger partial charge is 0.411 e. The van der Waals surface area contributed by atoms with Gasteiger partial charge in [-0.2, -0.15) is 0 Å². The van der Waals surface area contributed by atoms with Gasteiger partial charge in [0.15, 0.2) is 0 Å². The highest BCUT2D eigenvalue weighted by molar-refractivity contribution is 6.30. The second-order valence-electron chi connectivity index (χ2n) is 6.07. The van der Waals surface area contributed by atoms with Gasteiger partial charge in [-0.15, -0.1) is 6.58 Å². The highest BCUT2D eigenvalue weighted by Crippen LogP contribution is 2.47. The van der Waals surface area contributed by atoms with Gasteiger partial charge >= 0.3 is 0 Å². The Morgan fingerprint density at radius 3 is 2.00 bits per heavy atom. The van der Waals surface area contributed by atoms with Gasteiger partial charge in [-0.3, -0.25) is 0 Å². The summed E-state index contributed by atoms with van der Waals surface area (Å²) in [5.74, 6) is 0.784. The Morgan fingerprint density at radius 2 is 1.75 bits per heavy atom. The molecule has 0 aliphatic carbocycles. The van der Waals surface area contributed by atoms with Gasteiger partial charge in [-0.25, -0.2) is 0 Å². The Hall–Kier alpha value is -0.573. The zero-order chi connectivity index (χ0) is 13.1. The average Bonchev–Trinajstić information content (AvgIpc) is 2.17. The number of allylic oxidation sites excluding steroid dienone is 1. The van der Waals surface area contributed by atoms with E-state index in [4.69, 9.17) is 0 Å². The van der Waals surface area contributed by atoms with Crippen LogP contribution in [0.4, 0.5) is 0 Å². The molecule has 0 aromatic rings. The molecule has 0 bridgehead atoms. The van der Waals surface area contributed by atoms with Crippen molar-refractivity contribution in [1.29, 1.82) is 0 Å². The molecule has 0 fully saturated rings. The standard InChI is InChI=1S/C13H27NOSi/c1-8-12(5,6)13(7,16)11(14-15)10(4)9(2)3/h8-10,15H,1H2,2-7,16H3. The predicted molar refractivity (Wildman–Crippen MR) is 75.5 cm³/mol. The Bertz CT molecular complexity index is 280. The molecule has 94 valence electrons. The second-order valence-corrected chi connectivity index (χ2v) is 8.07. The molecule has 0 aliphatic rings. The van der Waals surface area contributed by atoms with Gasteiger partial charge in [-0.1, -0.05) is 52.8 Å². The van der Waals surface area contributed by atoms with E-state index in [9.17, 15) is 5.21 Å². The Kier molecular flexibility index (Phi) is 4.99. The van der Waals surface area contributed by atoms with Crippen LogP contribution in [-0.2, 0) is 0 Å².